The molecule has 0 spiro atoms. The second-order valence-electron chi connectivity index (χ2n) is 6.21. The van der Waals surface area contributed by atoms with Gasteiger partial charge in [-0.3, -0.25) is 14.6 Å². The van der Waals surface area contributed by atoms with Gasteiger partial charge in [-0.2, -0.15) is 0 Å². The highest BCUT2D eigenvalue weighted by Crippen LogP contribution is 2.25. The summed E-state index contributed by atoms with van der Waals surface area (Å²) >= 11 is 0. The second-order valence-corrected chi connectivity index (χ2v) is 6.21. The fourth-order valence-electron chi connectivity index (χ4n) is 3.13. The van der Waals surface area contributed by atoms with Gasteiger partial charge in [-0.25, -0.2) is 0 Å². The molecule has 1 amide bonds. The molecule has 0 bridgehead atoms. The molecule has 0 aliphatic carbocycles. The smallest absolute Gasteiger partial charge is 0.296 e. The van der Waals surface area contributed by atoms with E-state index < -0.39 is 11.7 Å². The van der Waals surface area contributed by atoms with E-state index in [1.807, 2.05) is 54.6 Å². The highest BCUT2D eigenvalue weighted by atomic mass is 16.2. The van der Waals surface area contributed by atoms with Crippen molar-refractivity contribution < 1.29 is 9.59 Å². The van der Waals surface area contributed by atoms with Gasteiger partial charge in [0.2, 0.25) is 0 Å². The van der Waals surface area contributed by atoms with E-state index in [4.69, 9.17) is 0 Å². The molecule has 132 valence electrons. The van der Waals surface area contributed by atoms with Crippen LogP contribution in [-0.2, 0) is 11.2 Å². The molecule has 2 N–H and O–H groups in total. The molecule has 4 aromatic rings. The molecule has 0 saturated carbocycles. The molecule has 0 aliphatic rings. The number of nitrogens with zero attached hydrogens (tertiary/aromatic N) is 1. The Morgan fingerprint density at radius 2 is 1.59 bits per heavy atom. The molecular formula is C22H17N3O2. The van der Waals surface area contributed by atoms with Gasteiger partial charge in [-0.15, -0.1) is 0 Å². The van der Waals surface area contributed by atoms with Gasteiger partial charge >= 0.3 is 0 Å². The Bertz CT molecular complexity index is 1100. The molecule has 0 radical (unpaired) electrons. The molecule has 2 aromatic heterocycles. The topological polar surface area (TPSA) is 74.8 Å². The third-order valence-electron chi connectivity index (χ3n) is 4.38. The van der Waals surface area contributed by atoms with Crippen LogP contribution in [0.3, 0.4) is 0 Å². The first-order valence-electron chi connectivity index (χ1n) is 8.61. The minimum atomic E-state index is -0.666. The lowest BCUT2D eigenvalue weighted by atomic mass is 10.0. The normalized spacial score (nSPS) is 10.7. The number of hydrogen-bond donors (Lipinski definition) is 2. The zero-order chi connectivity index (χ0) is 18.6. The highest BCUT2D eigenvalue weighted by Gasteiger charge is 2.24. The summed E-state index contributed by atoms with van der Waals surface area (Å²) in [6.45, 7) is 0. The third-order valence-corrected chi connectivity index (χ3v) is 4.38. The van der Waals surface area contributed by atoms with E-state index in [2.05, 4.69) is 15.3 Å². The van der Waals surface area contributed by atoms with Gasteiger partial charge in [-0.05, 0) is 23.8 Å². The number of para-hydroxylation sites is 1. The molecule has 2 aromatic carbocycles. The third kappa shape index (κ3) is 3.48. The van der Waals surface area contributed by atoms with Crippen molar-refractivity contribution >= 4 is 28.3 Å². The summed E-state index contributed by atoms with van der Waals surface area (Å²) in [5.41, 5.74) is 3.59. The van der Waals surface area contributed by atoms with E-state index in [9.17, 15) is 9.59 Å². The number of carbonyl (C=O) groups is 2. The number of aromatic nitrogens is 2. The molecule has 0 aliphatic heterocycles. The van der Waals surface area contributed by atoms with Crippen LogP contribution in [-0.4, -0.2) is 21.7 Å². The van der Waals surface area contributed by atoms with Crippen molar-refractivity contribution in [1.82, 2.24) is 9.97 Å². The van der Waals surface area contributed by atoms with Crippen LogP contribution >= 0.6 is 0 Å². The number of hydrogen-bond acceptors (Lipinski definition) is 3. The number of pyridine rings is 1. The summed E-state index contributed by atoms with van der Waals surface area (Å²) in [4.78, 5) is 32.8. The molecule has 27 heavy (non-hydrogen) atoms. The largest absolute Gasteiger partial charge is 0.357 e. The fraction of sp³-hybridized carbons (Fsp3) is 0.0455. The summed E-state index contributed by atoms with van der Waals surface area (Å²) in [5.74, 6) is -1.23. The summed E-state index contributed by atoms with van der Waals surface area (Å²) < 4.78 is 0. The number of rotatable bonds is 5. The highest BCUT2D eigenvalue weighted by molar-refractivity contribution is 6.48. The van der Waals surface area contributed by atoms with Crippen LogP contribution in [0.5, 0.6) is 0 Å². The minimum absolute atomic E-state index is 0.418. The van der Waals surface area contributed by atoms with Gasteiger partial charge in [0.1, 0.15) is 0 Å². The number of Topliss-reactive ketones (excluding diaryl/α,β-unsaturated/α-hetero) is 1. The van der Waals surface area contributed by atoms with Crippen LogP contribution in [0.15, 0.2) is 79.1 Å². The molecule has 0 saturated heterocycles. The molecular weight excluding hydrogens is 338 g/mol. The lowest BCUT2D eigenvalue weighted by molar-refractivity contribution is -0.112. The number of benzene rings is 2. The Morgan fingerprint density at radius 1 is 0.889 bits per heavy atom. The van der Waals surface area contributed by atoms with Gasteiger partial charge in [0.15, 0.2) is 0 Å². The van der Waals surface area contributed by atoms with Crippen molar-refractivity contribution in [3.63, 3.8) is 0 Å². The molecule has 4 rings (SSSR count). The van der Waals surface area contributed by atoms with Crippen molar-refractivity contribution in [1.29, 1.82) is 0 Å². The zero-order valence-corrected chi connectivity index (χ0v) is 14.5. The fourth-order valence-corrected chi connectivity index (χ4v) is 3.13. The SMILES string of the molecule is O=C(Nc1ccncc1)C(=O)c1c(Cc2ccccc2)[nH]c2ccccc12. The Hall–Kier alpha value is -3.73. The van der Waals surface area contributed by atoms with E-state index in [-0.39, 0.29) is 0 Å². The summed E-state index contributed by atoms with van der Waals surface area (Å²) in [7, 11) is 0. The number of H-pyrrole nitrogens is 1. The maximum atomic E-state index is 13.0. The summed E-state index contributed by atoms with van der Waals surface area (Å²) in [5, 5.41) is 3.39. The van der Waals surface area contributed by atoms with E-state index in [0.717, 1.165) is 22.2 Å². The van der Waals surface area contributed by atoms with Crippen molar-refractivity contribution in [2.45, 2.75) is 6.42 Å². The average molecular weight is 355 g/mol. The number of anilines is 1. The van der Waals surface area contributed by atoms with Crippen LogP contribution in [0.4, 0.5) is 5.69 Å². The minimum Gasteiger partial charge on any atom is -0.357 e. The maximum absolute atomic E-state index is 13.0. The Labute approximate surface area is 156 Å². The summed E-state index contributed by atoms with van der Waals surface area (Å²) in [6.07, 6.45) is 3.67. The van der Waals surface area contributed by atoms with Gasteiger partial charge in [-0.1, -0.05) is 48.5 Å². The van der Waals surface area contributed by atoms with E-state index in [1.54, 1.807) is 24.5 Å². The Balaban J connectivity index is 1.71. The zero-order valence-electron chi connectivity index (χ0n) is 14.5. The van der Waals surface area contributed by atoms with Gasteiger partial charge in [0, 0.05) is 41.1 Å². The summed E-state index contributed by atoms with van der Waals surface area (Å²) in [6, 6.07) is 20.7. The first-order chi connectivity index (χ1) is 13.2. The van der Waals surface area contributed by atoms with E-state index in [0.29, 0.717) is 17.7 Å². The molecule has 5 nitrogen and oxygen atoms in total. The number of aromatic amines is 1. The quantitative estimate of drug-likeness (QED) is 0.420. The Morgan fingerprint density at radius 3 is 2.37 bits per heavy atom. The van der Waals surface area contributed by atoms with Crippen LogP contribution in [0.1, 0.15) is 21.6 Å². The second kappa shape index (κ2) is 7.25. The lowest BCUT2D eigenvalue weighted by Gasteiger charge is -2.06. The van der Waals surface area contributed by atoms with Crippen LogP contribution < -0.4 is 5.32 Å². The van der Waals surface area contributed by atoms with Gasteiger partial charge < -0.3 is 10.3 Å². The van der Waals surface area contributed by atoms with Gasteiger partial charge in [0.05, 0.1) is 5.56 Å². The Kier molecular flexibility index (Phi) is 4.49. The predicted molar refractivity (Wildman–Crippen MR) is 105 cm³/mol. The number of fused-ring (bicyclic) bond motifs is 1. The maximum Gasteiger partial charge on any atom is 0.296 e. The first-order valence-corrected chi connectivity index (χ1v) is 8.61. The first kappa shape index (κ1) is 16.7. The number of nitrogens with one attached hydrogen (secondary N) is 2. The van der Waals surface area contributed by atoms with Crippen LogP contribution in [0, 0.1) is 0 Å². The predicted octanol–water partition coefficient (Wildman–Crippen LogP) is 3.98. The van der Waals surface area contributed by atoms with Crippen molar-refractivity contribution in [2.75, 3.05) is 5.32 Å². The van der Waals surface area contributed by atoms with Gasteiger partial charge in [0.25, 0.3) is 11.7 Å². The standard InChI is InChI=1S/C22H17N3O2/c26-21(22(27)24-16-10-12-23-13-11-16)20-17-8-4-5-9-18(17)25-19(20)14-15-6-2-1-3-7-15/h1-13,25H,14H2,(H,23,24,27). The van der Waals surface area contributed by atoms with Crippen LogP contribution in [0.2, 0.25) is 0 Å². The average Bonchev–Trinajstić information content (AvgIpc) is 3.06. The van der Waals surface area contributed by atoms with Crippen molar-refractivity contribution in [2.24, 2.45) is 0 Å². The number of carbonyl (C=O) groups excluding carboxylic acids is 2. The van der Waals surface area contributed by atoms with E-state index >= 15 is 0 Å². The molecule has 2 heterocycles. The number of ketones is 1. The van der Waals surface area contributed by atoms with E-state index in [1.165, 1.54) is 0 Å². The molecule has 0 unspecified atom stereocenters. The molecule has 0 fully saturated rings. The lowest BCUT2D eigenvalue weighted by Crippen LogP contribution is -2.23. The van der Waals surface area contributed by atoms with Crippen LogP contribution in [0.25, 0.3) is 10.9 Å². The van der Waals surface area contributed by atoms with Crippen molar-refractivity contribution in [3.05, 3.63) is 95.9 Å². The molecule has 0 atom stereocenters. The number of amides is 1. The monoisotopic (exact) mass is 355 g/mol. The van der Waals surface area contributed by atoms with Crippen molar-refractivity contribution in [3.8, 4) is 0 Å². The molecule has 5 heteroatoms.